The van der Waals surface area contributed by atoms with Crippen LogP contribution >= 0.6 is 0 Å². The first-order valence-electron chi connectivity index (χ1n) is 6.50. The van der Waals surface area contributed by atoms with E-state index in [1.807, 2.05) is 7.05 Å². The van der Waals surface area contributed by atoms with Crippen LogP contribution in [0.15, 0.2) is 18.3 Å². The Balaban J connectivity index is 2.01. The van der Waals surface area contributed by atoms with Crippen molar-refractivity contribution in [3.05, 3.63) is 24.0 Å². The zero-order chi connectivity index (χ0) is 13.8. The van der Waals surface area contributed by atoms with Crippen LogP contribution in [0.1, 0.15) is 23.3 Å². The number of hydrogen-bond donors (Lipinski definition) is 2. The molecule has 0 saturated carbocycles. The van der Waals surface area contributed by atoms with Crippen molar-refractivity contribution in [1.82, 2.24) is 14.8 Å². The number of rotatable bonds is 4. The molecule has 19 heavy (non-hydrogen) atoms. The fourth-order valence-corrected chi connectivity index (χ4v) is 2.44. The SMILES string of the molecule is CN(CC1CCCN1C)C(=O)c1cc(NN)ccn1. The molecule has 1 unspecified atom stereocenters. The van der Waals surface area contributed by atoms with Crippen molar-refractivity contribution in [3.63, 3.8) is 0 Å². The third-order valence-electron chi connectivity index (χ3n) is 3.65. The van der Waals surface area contributed by atoms with E-state index in [0.717, 1.165) is 19.5 Å². The number of anilines is 1. The van der Waals surface area contributed by atoms with E-state index >= 15 is 0 Å². The molecule has 104 valence electrons. The smallest absolute Gasteiger partial charge is 0.272 e. The van der Waals surface area contributed by atoms with E-state index < -0.39 is 0 Å². The Morgan fingerprint density at radius 2 is 2.47 bits per heavy atom. The molecule has 1 saturated heterocycles. The van der Waals surface area contributed by atoms with Crippen LogP contribution in [0.25, 0.3) is 0 Å². The Morgan fingerprint density at radius 3 is 3.11 bits per heavy atom. The van der Waals surface area contributed by atoms with Crippen molar-refractivity contribution in [3.8, 4) is 0 Å². The Labute approximate surface area is 113 Å². The minimum absolute atomic E-state index is 0.0719. The summed E-state index contributed by atoms with van der Waals surface area (Å²) in [5.74, 6) is 5.26. The monoisotopic (exact) mass is 263 g/mol. The van der Waals surface area contributed by atoms with Crippen molar-refractivity contribution in [1.29, 1.82) is 0 Å². The largest absolute Gasteiger partial charge is 0.339 e. The number of nitrogen functional groups attached to an aromatic ring is 1. The average Bonchev–Trinajstić information content (AvgIpc) is 2.83. The van der Waals surface area contributed by atoms with Crippen molar-refractivity contribution in [2.24, 2.45) is 5.84 Å². The fraction of sp³-hybridized carbons (Fsp3) is 0.538. The first-order chi connectivity index (χ1) is 9.11. The predicted molar refractivity (Wildman–Crippen MR) is 74.7 cm³/mol. The van der Waals surface area contributed by atoms with E-state index in [0.29, 0.717) is 17.4 Å². The molecule has 1 aromatic heterocycles. The summed E-state index contributed by atoms with van der Waals surface area (Å²) in [5, 5.41) is 0. The number of nitrogens with one attached hydrogen (secondary N) is 1. The highest BCUT2D eigenvalue weighted by atomic mass is 16.2. The van der Waals surface area contributed by atoms with Gasteiger partial charge in [-0.2, -0.15) is 0 Å². The van der Waals surface area contributed by atoms with Gasteiger partial charge in [-0.05, 0) is 38.6 Å². The molecule has 0 aliphatic carbocycles. The molecule has 0 spiro atoms. The van der Waals surface area contributed by atoms with Gasteiger partial charge in [0.05, 0.1) is 5.69 Å². The van der Waals surface area contributed by atoms with Crippen LogP contribution in [0, 0.1) is 0 Å². The van der Waals surface area contributed by atoms with Gasteiger partial charge in [-0.1, -0.05) is 0 Å². The molecule has 1 amide bonds. The van der Waals surface area contributed by atoms with Gasteiger partial charge in [-0.3, -0.25) is 15.6 Å². The van der Waals surface area contributed by atoms with Crippen LogP contribution in [-0.2, 0) is 0 Å². The minimum atomic E-state index is -0.0719. The molecule has 2 rings (SSSR count). The second-order valence-corrected chi connectivity index (χ2v) is 5.04. The van der Waals surface area contributed by atoms with Gasteiger partial charge in [0, 0.05) is 25.8 Å². The third-order valence-corrected chi connectivity index (χ3v) is 3.65. The predicted octanol–water partition coefficient (Wildman–Crippen LogP) is 0.533. The van der Waals surface area contributed by atoms with Gasteiger partial charge in [0.15, 0.2) is 0 Å². The lowest BCUT2D eigenvalue weighted by Crippen LogP contribution is -2.39. The average molecular weight is 263 g/mol. The van der Waals surface area contributed by atoms with Crippen molar-refractivity contribution >= 4 is 11.6 Å². The molecular weight excluding hydrogens is 242 g/mol. The summed E-state index contributed by atoms with van der Waals surface area (Å²) < 4.78 is 0. The number of nitrogens with two attached hydrogens (primary N) is 1. The maximum atomic E-state index is 12.3. The van der Waals surface area contributed by atoms with Gasteiger partial charge in [-0.25, -0.2) is 0 Å². The number of nitrogens with zero attached hydrogens (tertiary/aromatic N) is 3. The highest BCUT2D eigenvalue weighted by Crippen LogP contribution is 2.16. The second-order valence-electron chi connectivity index (χ2n) is 5.04. The Hall–Kier alpha value is -1.66. The zero-order valence-electron chi connectivity index (χ0n) is 11.5. The highest BCUT2D eigenvalue weighted by molar-refractivity contribution is 5.92. The molecule has 3 N–H and O–H groups in total. The number of hydrogen-bond acceptors (Lipinski definition) is 5. The molecule has 0 bridgehead atoms. The standard InChI is InChI=1S/C13H21N5O/c1-17-7-3-4-11(17)9-18(2)13(19)12-8-10(16-14)5-6-15-12/h5-6,8,11H,3-4,7,9,14H2,1-2H3,(H,15,16). The molecule has 0 aromatic carbocycles. The first kappa shape index (κ1) is 13.8. The number of hydrazine groups is 1. The molecule has 1 aliphatic heterocycles. The molecule has 1 aliphatic rings. The van der Waals surface area contributed by atoms with Crippen molar-refractivity contribution < 1.29 is 4.79 Å². The van der Waals surface area contributed by atoms with Gasteiger partial charge in [-0.15, -0.1) is 0 Å². The van der Waals surface area contributed by atoms with Gasteiger partial charge < -0.3 is 15.2 Å². The van der Waals surface area contributed by atoms with Crippen LogP contribution in [0.4, 0.5) is 5.69 Å². The molecule has 1 atom stereocenters. The summed E-state index contributed by atoms with van der Waals surface area (Å²) in [6.45, 7) is 1.84. The lowest BCUT2D eigenvalue weighted by atomic mass is 10.2. The molecule has 1 fully saturated rings. The molecular formula is C13H21N5O. The van der Waals surface area contributed by atoms with Gasteiger partial charge in [0.2, 0.25) is 0 Å². The van der Waals surface area contributed by atoms with E-state index in [1.165, 1.54) is 6.42 Å². The van der Waals surface area contributed by atoms with Crippen LogP contribution in [0.5, 0.6) is 0 Å². The number of likely N-dealkylation sites (tertiary alicyclic amines) is 1. The third kappa shape index (κ3) is 3.21. The van der Waals surface area contributed by atoms with Crippen LogP contribution in [0.2, 0.25) is 0 Å². The molecule has 2 heterocycles. The molecule has 6 nitrogen and oxygen atoms in total. The fourth-order valence-electron chi connectivity index (χ4n) is 2.44. The van der Waals surface area contributed by atoms with Crippen LogP contribution in [0.3, 0.4) is 0 Å². The lowest BCUT2D eigenvalue weighted by Gasteiger charge is -2.25. The summed E-state index contributed by atoms with van der Waals surface area (Å²) in [7, 11) is 3.92. The van der Waals surface area contributed by atoms with E-state index in [9.17, 15) is 4.79 Å². The zero-order valence-corrected chi connectivity index (χ0v) is 11.5. The maximum Gasteiger partial charge on any atom is 0.272 e. The summed E-state index contributed by atoms with van der Waals surface area (Å²) >= 11 is 0. The minimum Gasteiger partial charge on any atom is -0.339 e. The summed E-state index contributed by atoms with van der Waals surface area (Å²) in [6.07, 6.45) is 3.93. The topological polar surface area (TPSA) is 74.5 Å². The lowest BCUT2D eigenvalue weighted by molar-refractivity contribution is 0.0756. The van der Waals surface area contributed by atoms with Crippen LogP contribution < -0.4 is 11.3 Å². The molecule has 1 aromatic rings. The quantitative estimate of drug-likeness (QED) is 0.612. The van der Waals surface area contributed by atoms with Crippen molar-refractivity contribution in [2.75, 3.05) is 32.6 Å². The Bertz CT molecular complexity index is 450. The van der Waals surface area contributed by atoms with E-state index in [4.69, 9.17) is 5.84 Å². The second kappa shape index (κ2) is 5.99. The highest BCUT2D eigenvalue weighted by Gasteiger charge is 2.24. The first-order valence-corrected chi connectivity index (χ1v) is 6.50. The summed E-state index contributed by atoms with van der Waals surface area (Å²) in [5.41, 5.74) is 3.62. The van der Waals surface area contributed by atoms with Crippen LogP contribution in [-0.4, -0.2) is 53.9 Å². The molecule has 0 radical (unpaired) electrons. The number of carbonyl (C=O) groups is 1. The number of likely N-dealkylation sites (N-methyl/N-ethyl adjacent to an activating group) is 2. The van der Waals surface area contributed by atoms with E-state index in [1.54, 1.807) is 23.2 Å². The van der Waals surface area contributed by atoms with E-state index in [-0.39, 0.29) is 5.91 Å². The summed E-state index contributed by atoms with van der Waals surface area (Å²) in [4.78, 5) is 20.4. The Morgan fingerprint density at radius 1 is 1.68 bits per heavy atom. The number of pyridine rings is 1. The summed E-state index contributed by atoms with van der Waals surface area (Å²) in [6, 6.07) is 3.84. The Kier molecular flexibility index (Phi) is 4.34. The van der Waals surface area contributed by atoms with Gasteiger partial charge >= 0.3 is 0 Å². The van der Waals surface area contributed by atoms with Crippen molar-refractivity contribution in [2.45, 2.75) is 18.9 Å². The maximum absolute atomic E-state index is 12.3. The normalized spacial score (nSPS) is 19.4. The number of carbonyl (C=O) groups excluding carboxylic acids is 1. The molecule has 6 heteroatoms. The number of amides is 1. The van der Waals surface area contributed by atoms with Gasteiger partial charge in [0.1, 0.15) is 5.69 Å². The van der Waals surface area contributed by atoms with E-state index in [2.05, 4.69) is 22.4 Å². The number of aromatic nitrogens is 1. The van der Waals surface area contributed by atoms with Gasteiger partial charge in [0.25, 0.3) is 5.91 Å².